The second kappa shape index (κ2) is 8.76. The van der Waals surface area contributed by atoms with Crippen LogP contribution < -0.4 is 4.74 Å². The summed E-state index contributed by atoms with van der Waals surface area (Å²) >= 11 is 5.96. The van der Waals surface area contributed by atoms with Gasteiger partial charge in [-0.2, -0.15) is 0 Å². The summed E-state index contributed by atoms with van der Waals surface area (Å²) in [7, 11) is 0. The molecule has 2 aromatic rings. The molecule has 0 saturated heterocycles. The summed E-state index contributed by atoms with van der Waals surface area (Å²) in [4.78, 5) is 11.4. The summed E-state index contributed by atoms with van der Waals surface area (Å²) in [5, 5.41) is 0.308. The van der Waals surface area contributed by atoms with Gasteiger partial charge >= 0.3 is 5.97 Å². The van der Waals surface area contributed by atoms with E-state index in [2.05, 4.69) is 5.92 Å². The first-order valence-electron chi connectivity index (χ1n) is 7.03. The van der Waals surface area contributed by atoms with Gasteiger partial charge in [0.15, 0.2) is 6.61 Å². The van der Waals surface area contributed by atoms with Crippen molar-refractivity contribution in [1.29, 1.82) is 0 Å². The van der Waals surface area contributed by atoms with Gasteiger partial charge in [-0.15, -0.1) is 6.42 Å². The molecule has 24 heavy (non-hydrogen) atoms. The standard InChI is InChI=1S/C19H14ClFO3/c1-2-10-23-19(22)9-6-14-4-3-5-17(11-14)24-13-15-7-8-16(21)12-18(15)20/h1,3-9,11-12H,10,13H2/b9-6+. The van der Waals surface area contributed by atoms with Gasteiger partial charge < -0.3 is 9.47 Å². The highest BCUT2D eigenvalue weighted by molar-refractivity contribution is 6.31. The molecule has 0 aromatic heterocycles. The monoisotopic (exact) mass is 344 g/mol. The normalized spacial score (nSPS) is 10.4. The number of esters is 1. The quantitative estimate of drug-likeness (QED) is 0.446. The number of benzene rings is 2. The fourth-order valence-electron chi connectivity index (χ4n) is 1.83. The van der Waals surface area contributed by atoms with Gasteiger partial charge in [0.1, 0.15) is 18.2 Å². The molecular formula is C19H14ClFO3. The minimum Gasteiger partial charge on any atom is -0.489 e. The molecule has 2 rings (SSSR count). The molecule has 0 atom stereocenters. The summed E-state index contributed by atoms with van der Waals surface area (Å²) in [5.74, 6) is 1.90. The van der Waals surface area contributed by atoms with Crippen molar-refractivity contribution in [1.82, 2.24) is 0 Å². The Bertz CT molecular complexity index is 793. The number of carbonyl (C=O) groups is 1. The molecule has 0 radical (unpaired) electrons. The Morgan fingerprint density at radius 1 is 1.29 bits per heavy atom. The zero-order chi connectivity index (χ0) is 17.4. The third-order valence-electron chi connectivity index (χ3n) is 2.98. The van der Waals surface area contributed by atoms with E-state index in [1.807, 2.05) is 6.07 Å². The van der Waals surface area contributed by atoms with Crippen LogP contribution in [0.15, 0.2) is 48.5 Å². The first kappa shape index (κ1) is 17.6. The lowest BCUT2D eigenvalue weighted by Crippen LogP contribution is -2.00. The predicted octanol–water partition coefficient (Wildman–Crippen LogP) is 4.25. The van der Waals surface area contributed by atoms with Crippen molar-refractivity contribution in [3.8, 4) is 18.1 Å². The van der Waals surface area contributed by atoms with Gasteiger partial charge in [-0.05, 0) is 35.9 Å². The summed E-state index contributed by atoms with van der Waals surface area (Å²) in [6.45, 7) is 0.140. The lowest BCUT2D eigenvalue weighted by molar-refractivity contribution is -0.136. The van der Waals surface area contributed by atoms with Crippen molar-refractivity contribution in [2.24, 2.45) is 0 Å². The maximum atomic E-state index is 13.0. The maximum Gasteiger partial charge on any atom is 0.331 e. The molecule has 3 nitrogen and oxygen atoms in total. The Hall–Kier alpha value is -2.77. The van der Waals surface area contributed by atoms with Crippen molar-refractivity contribution < 1.29 is 18.7 Å². The highest BCUT2D eigenvalue weighted by atomic mass is 35.5. The van der Waals surface area contributed by atoms with E-state index in [9.17, 15) is 9.18 Å². The number of ether oxygens (including phenoxy) is 2. The summed E-state index contributed by atoms with van der Waals surface area (Å²) in [6, 6.07) is 11.3. The highest BCUT2D eigenvalue weighted by Crippen LogP contribution is 2.21. The third-order valence-corrected chi connectivity index (χ3v) is 3.33. The number of halogens is 2. The van der Waals surface area contributed by atoms with E-state index in [-0.39, 0.29) is 13.2 Å². The molecule has 2 aromatic carbocycles. The Kier molecular flexibility index (Phi) is 6.41. The molecule has 0 unspecified atom stereocenters. The maximum absolute atomic E-state index is 13.0. The van der Waals surface area contributed by atoms with E-state index >= 15 is 0 Å². The molecule has 0 amide bonds. The van der Waals surface area contributed by atoms with E-state index in [1.165, 1.54) is 18.2 Å². The molecule has 0 saturated carbocycles. The summed E-state index contributed by atoms with van der Waals surface area (Å²) < 4.78 is 23.4. The number of hydrogen-bond acceptors (Lipinski definition) is 3. The zero-order valence-electron chi connectivity index (χ0n) is 12.7. The molecule has 0 N–H and O–H groups in total. The van der Waals surface area contributed by atoms with Crippen LogP contribution in [-0.4, -0.2) is 12.6 Å². The SMILES string of the molecule is C#CCOC(=O)/C=C/c1cccc(OCc2ccc(F)cc2Cl)c1. The number of hydrogen-bond donors (Lipinski definition) is 0. The van der Waals surface area contributed by atoms with Crippen LogP contribution in [-0.2, 0) is 16.1 Å². The van der Waals surface area contributed by atoms with Crippen LogP contribution in [0.5, 0.6) is 5.75 Å². The average Bonchev–Trinajstić information content (AvgIpc) is 2.58. The smallest absolute Gasteiger partial charge is 0.331 e. The van der Waals surface area contributed by atoms with Crippen LogP contribution in [0.1, 0.15) is 11.1 Å². The minimum atomic E-state index is -0.516. The first-order chi connectivity index (χ1) is 11.6. The first-order valence-corrected chi connectivity index (χ1v) is 7.41. The Labute approximate surface area is 144 Å². The van der Waals surface area contributed by atoms with Crippen LogP contribution in [0, 0.1) is 18.2 Å². The summed E-state index contributed by atoms with van der Waals surface area (Å²) in [6.07, 6.45) is 7.88. The van der Waals surface area contributed by atoms with E-state index < -0.39 is 11.8 Å². The molecule has 5 heteroatoms. The topological polar surface area (TPSA) is 35.5 Å². The number of rotatable bonds is 6. The van der Waals surface area contributed by atoms with Crippen LogP contribution in [0.2, 0.25) is 5.02 Å². The second-order valence-corrected chi connectivity index (χ2v) is 5.15. The van der Waals surface area contributed by atoms with Crippen molar-refractivity contribution in [3.63, 3.8) is 0 Å². The highest BCUT2D eigenvalue weighted by Gasteiger charge is 2.03. The molecule has 0 aliphatic rings. The van der Waals surface area contributed by atoms with Gasteiger partial charge in [0.05, 0.1) is 5.02 Å². The lowest BCUT2D eigenvalue weighted by Gasteiger charge is -2.08. The zero-order valence-corrected chi connectivity index (χ0v) is 13.4. The van der Waals surface area contributed by atoms with Crippen LogP contribution in [0.25, 0.3) is 6.08 Å². The van der Waals surface area contributed by atoms with Gasteiger partial charge in [-0.3, -0.25) is 0 Å². The molecular weight excluding hydrogens is 331 g/mol. The fraction of sp³-hybridized carbons (Fsp3) is 0.105. The molecule has 0 heterocycles. The van der Waals surface area contributed by atoms with Gasteiger partial charge in [-0.25, -0.2) is 9.18 Å². The Balaban J connectivity index is 1.98. The van der Waals surface area contributed by atoms with E-state index in [0.29, 0.717) is 16.3 Å². The molecule has 0 bridgehead atoms. The van der Waals surface area contributed by atoms with Gasteiger partial charge in [0.25, 0.3) is 0 Å². The van der Waals surface area contributed by atoms with E-state index in [4.69, 9.17) is 27.5 Å². The number of terminal acetylenes is 1. The Morgan fingerprint density at radius 2 is 2.12 bits per heavy atom. The van der Waals surface area contributed by atoms with Crippen molar-refractivity contribution >= 4 is 23.6 Å². The van der Waals surface area contributed by atoms with Crippen LogP contribution in [0.3, 0.4) is 0 Å². The van der Waals surface area contributed by atoms with E-state index in [1.54, 1.807) is 30.3 Å². The molecule has 0 fully saturated rings. The second-order valence-electron chi connectivity index (χ2n) is 4.74. The van der Waals surface area contributed by atoms with Crippen molar-refractivity contribution in [2.75, 3.05) is 6.61 Å². The van der Waals surface area contributed by atoms with Gasteiger partial charge in [-0.1, -0.05) is 35.7 Å². The predicted molar refractivity (Wildman–Crippen MR) is 91.0 cm³/mol. The minimum absolute atomic E-state index is 0.0647. The van der Waals surface area contributed by atoms with Crippen LogP contribution in [0.4, 0.5) is 4.39 Å². The van der Waals surface area contributed by atoms with E-state index in [0.717, 1.165) is 5.56 Å². The molecule has 0 aliphatic heterocycles. The molecule has 0 spiro atoms. The van der Waals surface area contributed by atoms with Crippen LogP contribution >= 0.6 is 11.6 Å². The third kappa shape index (κ3) is 5.45. The van der Waals surface area contributed by atoms with Crippen molar-refractivity contribution in [2.45, 2.75) is 6.61 Å². The summed E-state index contributed by atoms with van der Waals surface area (Å²) in [5.41, 5.74) is 1.44. The van der Waals surface area contributed by atoms with Gasteiger partial charge in [0.2, 0.25) is 0 Å². The number of carbonyl (C=O) groups excluding carboxylic acids is 1. The van der Waals surface area contributed by atoms with Crippen molar-refractivity contribution in [3.05, 3.63) is 70.5 Å². The molecule has 0 aliphatic carbocycles. The fourth-order valence-corrected chi connectivity index (χ4v) is 2.05. The molecule has 122 valence electrons. The average molecular weight is 345 g/mol. The largest absolute Gasteiger partial charge is 0.489 e. The lowest BCUT2D eigenvalue weighted by atomic mass is 10.2. The Morgan fingerprint density at radius 3 is 2.88 bits per heavy atom. The van der Waals surface area contributed by atoms with Gasteiger partial charge in [0, 0.05) is 11.6 Å².